The zero-order valence-electron chi connectivity index (χ0n) is 21.3. The first-order chi connectivity index (χ1) is 18.1. The first-order valence-corrected chi connectivity index (χ1v) is 15.3. The molecule has 0 aliphatic carbocycles. The standard InChI is InChI=1S/C26H33Cl3N4O4S/c1-31-10-12-32(13-11-31)21-7-5-19(6-8-21)16-30-25(34)18-37-17-22-4-2-3-9-33(22)38(35,36)26-23(28)14-20(27)15-24(26)29/h5-8,14-15,22H,2-4,9-13,16-18H2,1H3,(H,30,34). The van der Waals surface area contributed by atoms with Crippen molar-refractivity contribution in [3.63, 3.8) is 0 Å². The van der Waals surface area contributed by atoms with Crippen molar-refractivity contribution in [2.75, 3.05) is 57.9 Å². The summed E-state index contributed by atoms with van der Waals surface area (Å²) in [6, 6.07) is 10.5. The molecule has 2 aliphatic heterocycles. The Bertz CT molecular complexity index is 1200. The molecule has 1 N–H and O–H groups in total. The molecule has 1 atom stereocenters. The van der Waals surface area contributed by atoms with Crippen molar-refractivity contribution in [2.45, 2.75) is 36.7 Å². The van der Waals surface area contributed by atoms with Crippen molar-refractivity contribution in [1.82, 2.24) is 14.5 Å². The highest BCUT2D eigenvalue weighted by Crippen LogP contribution is 2.36. The number of halogens is 3. The number of benzene rings is 2. The van der Waals surface area contributed by atoms with E-state index in [2.05, 4.69) is 34.3 Å². The smallest absolute Gasteiger partial charge is 0.246 e. The number of carbonyl (C=O) groups excluding carboxylic acids is 1. The van der Waals surface area contributed by atoms with Gasteiger partial charge in [-0.2, -0.15) is 4.31 Å². The highest BCUT2D eigenvalue weighted by molar-refractivity contribution is 7.89. The van der Waals surface area contributed by atoms with E-state index in [9.17, 15) is 13.2 Å². The summed E-state index contributed by atoms with van der Waals surface area (Å²) >= 11 is 18.4. The Morgan fingerprint density at radius 1 is 1.00 bits per heavy atom. The number of rotatable bonds is 9. The molecule has 4 rings (SSSR count). The number of carbonyl (C=O) groups is 1. The highest BCUT2D eigenvalue weighted by atomic mass is 35.5. The van der Waals surface area contributed by atoms with Crippen LogP contribution in [0.5, 0.6) is 0 Å². The van der Waals surface area contributed by atoms with Crippen LogP contribution in [-0.4, -0.2) is 82.6 Å². The summed E-state index contributed by atoms with van der Waals surface area (Å²) in [5.74, 6) is -0.262. The van der Waals surface area contributed by atoms with Crippen LogP contribution < -0.4 is 10.2 Å². The van der Waals surface area contributed by atoms with Crippen LogP contribution in [0.3, 0.4) is 0 Å². The van der Waals surface area contributed by atoms with Gasteiger partial charge in [0.15, 0.2) is 0 Å². The number of piperazine rings is 1. The number of hydrogen-bond acceptors (Lipinski definition) is 6. The molecule has 0 saturated carbocycles. The largest absolute Gasteiger partial charge is 0.370 e. The van der Waals surface area contributed by atoms with Crippen molar-refractivity contribution >= 4 is 56.4 Å². The number of anilines is 1. The van der Waals surface area contributed by atoms with Crippen molar-refractivity contribution in [3.05, 3.63) is 57.0 Å². The van der Waals surface area contributed by atoms with Crippen LogP contribution >= 0.6 is 34.8 Å². The summed E-state index contributed by atoms with van der Waals surface area (Å²) in [4.78, 5) is 16.9. The monoisotopic (exact) mass is 602 g/mol. The maximum atomic E-state index is 13.4. The van der Waals surface area contributed by atoms with Gasteiger partial charge in [0, 0.05) is 56.0 Å². The number of likely N-dealkylation sites (N-methyl/N-ethyl adjacent to an activating group) is 1. The van der Waals surface area contributed by atoms with E-state index in [1.807, 2.05) is 12.1 Å². The molecule has 2 aromatic carbocycles. The number of ether oxygens (including phenoxy) is 1. The fourth-order valence-corrected chi connectivity index (χ4v) is 7.95. The van der Waals surface area contributed by atoms with Crippen LogP contribution in [0.25, 0.3) is 0 Å². The Hall–Kier alpha value is -1.59. The van der Waals surface area contributed by atoms with Gasteiger partial charge in [0.1, 0.15) is 11.5 Å². The quantitative estimate of drug-likeness (QED) is 0.461. The number of sulfonamides is 1. The summed E-state index contributed by atoms with van der Waals surface area (Å²) < 4.78 is 33.9. The molecule has 2 fully saturated rings. The first-order valence-electron chi connectivity index (χ1n) is 12.7. The predicted molar refractivity (Wildman–Crippen MR) is 152 cm³/mol. The summed E-state index contributed by atoms with van der Waals surface area (Å²) in [6.07, 6.45) is 2.19. The van der Waals surface area contributed by atoms with E-state index in [-0.39, 0.29) is 39.1 Å². The van der Waals surface area contributed by atoms with Gasteiger partial charge in [0.2, 0.25) is 15.9 Å². The van der Waals surface area contributed by atoms with Crippen LogP contribution in [0.4, 0.5) is 5.69 Å². The fraction of sp³-hybridized carbons (Fsp3) is 0.500. The molecule has 2 aromatic rings. The van der Waals surface area contributed by atoms with Gasteiger partial charge < -0.3 is 19.9 Å². The molecule has 208 valence electrons. The predicted octanol–water partition coefficient (Wildman–Crippen LogP) is 4.27. The minimum Gasteiger partial charge on any atom is -0.370 e. The molecule has 0 aromatic heterocycles. The summed E-state index contributed by atoms with van der Waals surface area (Å²) in [6.45, 7) is 4.74. The molecular formula is C26H33Cl3N4O4S. The lowest BCUT2D eigenvalue weighted by Gasteiger charge is -2.34. The van der Waals surface area contributed by atoms with Crippen molar-refractivity contribution in [2.24, 2.45) is 0 Å². The van der Waals surface area contributed by atoms with Crippen molar-refractivity contribution in [3.8, 4) is 0 Å². The summed E-state index contributed by atoms with van der Waals surface area (Å²) in [7, 11) is -1.84. The minimum absolute atomic E-state index is 0.0244. The van der Waals surface area contributed by atoms with Crippen molar-refractivity contribution < 1.29 is 17.9 Å². The molecule has 1 unspecified atom stereocenters. The summed E-state index contributed by atoms with van der Waals surface area (Å²) in [5.41, 5.74) is 2.18. The lowest BCUT2D eigenvalue weighted by atomic mass is 10.1. The molecule has 2 saturated heterocycles. The Balaban J connectivity index is 1.27. The number of hydrogen-bond donors (Lipinski definition) is 1. The molecule has 2 aliphatic rings. The number of amides is 1. The number of nitrogens with one attached hydrogen (secondary N) is 1. The van der Waals surface area contributed by atoms with E-state index >= 15 is 0 Å². The first kappa shape index (κ1) is 29.4. The molecule has 0 bridgehead atoms. The highest BCUT2D eigenvalue weighted by Gasteiger charge is 2.36. The minimum atomic E-state index is -3.98. The van der Waals surface area contributed by atoms with Crippen LogP contribution in [-0.2, 0) is 26.1 Å². The van der Waals surface area contributed by atoms with Crippen LogP contribution in [0, 0.1) is 0 Å². The third-order valence-electron chi connectivity index (χ3n) is 6.94. The maximum absolute atomic E-state index is 13.4. The van der Waals surface area contributed by atoms with E-state index in [1.165, 1.54) is 22.1 Å². The lowest BCUT2D eigenvalue weighted by Crippen LogP contribution is -2.46. The Labute approximate surface area is 239 Å². The SMILES string of the molecule is CN1CCN(c2ccc(CNC(=O)COCC3CCCCN3S(=O)(=O)c3c(Cl)cc(Cl)cc3Cl)cc2)CC1. The van der Waals surface area contributed by atoms with Crippen LogP contribution in [0.2, 0.25) is 15.1 Å². The molecular weight excluding hydrogens is 571 g/mol. The van der Waals surface area contributed by atoms with Gasteiger partial charge in [-0.3, -0.25) is 4.79 Å². The molecule has 38 heavy (non-hydrogen) atoms. The number of nitrogens with zero attached hydrogens (tertiary/aromatic N) is 3. The van der Waals surface area contributed by atoms with Gasteiger partial charge >= 0.3 is 0 Å². The third-order valence-corrected chi connectivity index (χ3v) is 10.0. The van der Waals surface area contributed by atoms with E-state index in [0.717, 1.165) is 38.2 Å². The van der Waals surface area contributed by atoms with Gasteiger partial charge in [0.25, 0.3) is 0 Å². The zero-order chi connectivity index (χ0) is 27.3. The Morgan fingerprint density at radius 2 is 1.66 bits per heavy atom. The van der Waals surface area contributed by atoms with E-state index < -0.39 is 16.1 Å². The van der Waals surface area contributed by atoms with Crippen molar-refractivity contribution in [1.29, 1.82) is 0 Å². The second kappa shape index (κ2) is 13.2. The topological polar surface area (TPSA) is 82.2 Å². The van der Waals surface area contributed by atoms with Gasteiger partial charge in [-0.15, -0.1) is 0 Å². The Morgan fingerprint density at radius 3 is 2.32 bits per heavy atom. The van der Waals surface area contributed by atoms with Gasteiger partial charge in [-0.05, 0) is 49.7 Å². The van der Waals surface area contributed by atoms with Gasteiger partial charge in [-0.1, -0.05) is 53.4 Å². The van der Waals surface area contributed by atoms with E-state index in [4.69, 9.17) is 39.5 Å². The second-order valence-electron chi connectivity index (χ2n) is 9.71. The van der Waals surface area contributed by atoms with Gasteiger partial charge in [0.05, 0.1) is 16.7 Å². The second-order valence-corrected chi connectivity index (χ2v) is 12.8. The average molecular weight is 604 g/mol. The lowest BCUT2D eigenvalue weighted by molar-refractivity contribution is -0.126. The summed E-state index contributed by atoms with van der Waals surface area (Å²) in [5, 5.41) is 3.08. The van der Waals surface area contributed by atoms with Crippen LogP contribution in [0.1, 0.15) is 24.8 Å². The molecule has 0 radical (unpaired) electrons. The fourth-order valence-electron chi connectivity index (χ4n) is 4.78. The molecule has 12 heteroatoms. The van der Waals surface area contributed by atoms with Gasteiger partial charge in [-0.25, -0.2) is 8.42 Å². The van der Waals surface area contributed by atoms with Crippen LogP contribution in [0.15, 0.2) is 41.3 Å². The molecule has 8 nitrogen and oxygen atoms in total. The average Bonchev–Trinajstić information content (AvgIpc) is 2.88. The normalized spacial score (nSPS) is 19.5. The third kappa shape index (κ3) is 7.33. The number of piperidine rings is 1. The Kier molecular flexibility index (Phi) is 10.2. The molecule has 0 spiro atoms. The molecule has 2 heterocycles. The zero-order valence-corrected chi connectivity index (χ0v) is 24.4. The van der Waals surface area contributed by atoms with E-state index in [1.54, 1.807) is 0 Å². The maximum Gasteiger partial charge on any atom is 0.246 e. The molecule has 1 amide bonds. The van der Waals surface area contributed by atoms with E-state index in [0.29, 0.717) is 25.9 Å².